The average Bonchev–Trinajstić information content (AvgIpc) is 2.56. The molecule has 1 aromatic carbocycles. The summed E-state index contributed by atoms with van der Waals surface area (Å²) in [7, 11) is 4.22. The summed E-state index contributed by atoms with van der Waals surface area (Å²) in [6.07, 6.45) is -1.30. The fraction of sp³-hybridized carbons (Fsp3) is 0.556. The second-order valence-electron chi connectivity index (χ2n) is 6.57. The maximum absolute atomic E-state index is 12.3. The number of hydrogen-bond acceptors (Lipinski definition) is 6. The van der Waals surface area contributed by atoms with Crippen molar-refractivity contribution in [3.8, 4) is 11.5 Å². The van der Waals surface area contributed by atoms with Crippen LogP contribution in [0.5, 0.6) is 11.5 Å². The molecule has 1 N–H and O–H groups in total. The predicted octanol–water partition coefficient (Wildman–Crippen LogP) is 2.53. The standard InChI is InChI=1S/C18H26O6/c1-18(2,3)15(19)10-12(17(21)24-6)16(20)11-7-8-13(22-4)14(9-11)23-5/h7-9,12,16,20H,10H2,1-6H3/t12-,16+/m0/s1. The SMILES string of the molecule is COC(=O)[C@@H](CC(=O)C(C)(C)C)[C@H](O)c1ccc(OC)c(OC)c1. The molecule has 0 aromatic heterocycles. The maximum atomic E-state index is 12.3. The lowest BCUT2D eigenvalue weighted by Gasteiger charge is -2.24. The first-order chi connectivity index (χ1) is 11.1. The Labute approximate surface area is 142 Å². The molecule has 1 rings (SSSR count). The van der Waals surface area contributed by atoms with Crippen LogP contribution in [0, 0.1) is 11.3 Å². The van der Waals surface area contributed by atoms with E-state index in [1.54, 1.807) is 39.0 Å². The van der Waals surface area contributed by atoms with Crippen LogP contribution in [0.15, 0.2) is 18.2 Å². The topological polar surface area (TPSA) is 82.1 Å². The second kappa shape index (κ2) is 8.15. The summed E-state index contributed by atoms with van der Waals surface area (Å²) in [5.41, 5.74) is -0.159. The third-order valence-electron chi connectivity index (χ3n) is 3.88. The van der Waals surface area contributed by atoms with Gasteiger partial charge in [-0.3, -0.25) is 9.59 Å². The van der Waals surface area contributed by atoms with Crippen molar-refractivity contribution in [3.63, 3.8) is 0 Å². The van der Waals surface area contributed by atoms with Gasteiger partial charge in [0.15, 0.2) is 11.5 Å². The average molecular weight is 338 g/mol. The van der Waals surface area contributed by atoms with Gasteiger partial charge in [0.2, 0.25) is 0 Å². The van der Waals surface area contributed by atoms with Gasteiger partial charge < -0.3 is 19.3 Å². The lowest BCUT2D eigenvalue weighted by atomic mass is 9.82. The highest BCUT2D eigenvalue weighted by atomic mass is 16.5. The Morgan fingerprint density at radius 3 is 2.12 bits per heavy atom. The van der Waals surface area contributed by atoms with Crippen molar-refractivity contribution >= 4 is 11.8 Å². The van der Waals surface area contributed by atoms with E-state index in [1.807, 2.05) is 0 Å². The first-order valence-corrected chi connectivity index (χ1v) is 7.66. The van der Waals surface area contributed by atoms with E-state index < -0.39 is 23.4 Å². The summed E-state index contributed by atoms with van der Waals surface area (Å²) in [5.74, 6) is -0.805. The number of esters is 1. The maximum Gasteiger partial charge on any atom is 0.312 e. The van der Waals surface area contributed by atoms with Gasteiger partial charge in [0, 0.05) is 11.8 Å². The van der Waals surface area contributed by atoms with Crippen LogP contribution in [0.25, 0.3) is 0 Å². The number of methoxy groups -OCH3 is 3. The zero-order valence-electron chi connectivity index (χ0n) is 15.1. The molecule has 0 aliphatic rings. The number of aliphatic hydroxyl groups excluding tert-OH is 1. The summed E-state index contributed by atoms with van der Waals surface area (Å²) in [5, 5.41) is 10.6. The number of carbonyl (C=O) groups is 2. The minimum Gasteiger partial charge on any atom is -0.493 e. The Bertz CT molecular complexity index is 588. The lowest BCUT2D eigenvalue weighted by Crippen LogP contribution is -2.31. The molecule has 0 spiro atoms. The summed E-state index contributed by atoms with van der Waals surface area (Å²) >= 11 is 0. The van der Waals surface area contributed by atoms with Gasteiger partial charge >= 0.3 is 5.97 Å². The van der Waals surface area contributed by atoms with E-state index in [-0.39, 0.29) is 12.2 Å². The van der Waals surface area contributed by atoms with Crippen LogP contribution in [0.4, 0.5) is 0 Å². The molecule has 0 amide bonds. The number of Topliss-reactive ketones (excluding diaryl/α,β-unsaturated/α-hetero) is 1. The largest absolute Gasteiger partial charge is 0.493 e. The molecule has 0 radical (unpaired) electrons. The van der Waals surface area contributed by atoms with Gasteiger partial charge in [-0.05, 0) is 17.7 Å². The van der Waals surface area contributed by atoms with Crippen LogP contribution in [0.1, 0.15) is 38.9 Å². The number of ketones is 1. The van der Waals surface area contributed by atoms with Crippen molar-refractivity contribution in [2.45, 2.75) is 33.3 Å². The Morgan fingerprint density at radius 2 is 1.67 bits per heavy atom. The molecule has 2 atom stereocenters. The van der Waals surface area contributed by atoms with Gasteiger partial charge in [-0.15, -0.1) is 0 Å². The van der Waals surface area contributed by atoms with Gasteiger partial charge in [0.25, 0.3) is 0 Å². The molecule has 134 valence electrons. The zero-order chi connectivity index (χ0) is 18.5. The highest BCUT2D eigenvalue weighted by molar-refractivity contribution is 5.88. The Kier molecular flexibility index (Phi) is 6.78. The Balaban J connectivity index is 3.14. The van der Waals surface area contributed by atoms with Crippen LogP contribution in [-0.4, -0.2) is 38.2 Å². The zero-order valence-corrected chi connectivity index (χ0v) is 15.1. The molecule has 1 aromatic rings. The van der Waals surface area contributed by atoms with Crippen LogP contribution < -0.4 is 9.47 Å². The first-order valence-electron chi connectivity index (χ1n) is 7.66. The molecule has 0 bridgehead atoms. The van der Waals surface area contributed by atoms with E-state index in [0.717, 1.165) is 0 Å². The first kappa shape index (κ1) is 20.0. The van der Waals surface area contributed by atoms with Gasteiger partial charge in [0.1, 0.15) is 5.78 Å². The van der Waals surface area contributed by atoms with Crippen molar-refractivity contribution in [1.29, 1.82) is 0 Å². The number of aliphatic hydroxyl groups is 1. The quantitative estimate of drug-likeness (QED) is 0.769. The van der Waals surface area contributed by atoms with E-state index in [2.05, 4.69) is 0 Å². The third kappa shape index (κ3) is 4.71. The normalized spacial score (nSPS) is 13.8. The van der Waals surface area contributed by atoms with E-state index in [9.17, 15) is 14.7 Å². The number of carbonyl (C=O) groups excluding carboxylic acids is 2. The minimum absolute atomic E-state index is 0.105. The molecule has 0 fully saturated rings. The van der Waals surface area contributed by atoms with E-state index in [4.69, 9.17) is 14.2 Å². The van der Waals surface area contributed by atoms with Crippen LogP contribution in [-0.2, 0) is 14.3 Å². The molecule has 6 heteroatoms. The fourth-order valence-electron chi connectivity index (χ4n) is 2.25. The van der Waals surface area contributed by atoms with E-state index in [1.165, 1.54) is 21.3 Å². The monoisotopic (exact) mass is 338 g/mol. The highest BCUT2D eigenvalue weighted by Gasteiger charge is 2.35. The van der Waals surface area contributed by atoms with Gasteiger partial charge in [-0.2, -0.15) is 0 Å². The van der Waals surface area contributed by atoms with Crippen molar-refractivity contribution in [1.82, 2.24) is 0 Å². The highest BCUT2D eigenvalue weighted by Crippen LogP contribution is 2.34. The molecular formula is C18H26O6. The smallest absolute Gasteiger partial charge is 0.312 e. The minimum atomic E-state index is -1.19. The number of hydrogen-bond donors (Lipinski definition) is 1. The molecule has 0 saturated heterocycles. The molecule has 0 unspecified atom stereocenters. The van der Waals surface area contributed by atoms with Crippen molar-refractivity contribution in [3.05, 3.63) is 23.8 Å². The summed E-state index contributed by atoms with van der Waals surface area (Å²) in [6.45, 7) is 5.31. The van der Waals surface area contributed by atoms with E-state index >= 15 is 0 Å². The summed E-state index contributed by atoms with van der Waals surface area (Å²) in [6, 6.07) is 4.85. The van der Waals surface area contributed by atoms with Gasteiger partial charge in [0.05, 0.1) is 33.4 Å². The fourth-order valence-corrected chi connectivity index (χ4v) is 2.25. The molecular weight excluding hydrogens is 312 g/mol. The van der Waals surface area contributed by atoms with Crippen LogP contribution in [0.3, 0.4) is 0 Å². The number of rotatable bonds is 7. The summed E-state index contributed by atoms with van der Waals surface area (Å²) in [4.78, 5) is 24.4. The van der Waals surface area contributed by atoms with Crippen LogP contribution >= 0.6 is 0 Å². The van der Waals surface area contributed by atoms with E-state index in [0.29, 0.717) is 17.1 Å². The number of benzene rings is 1. The molecule has 24 heavy (non-hydrogen) atoms. The van der Waals surface area contributed by atoms with Crippen molar-refractivity contribution < 1.29 is 28.9 Å². The molecule has 6 nitrogen and oxygen atoms in total. The van der Waals surface area contributed by atoms with Gasteiger partial charge in [-0.1, -0.05) is 26.8 Å². The van der Waals surface area contributed by atoms with Crippen molar-refractivity contribution in [2.75, 3.05) is 21.3 Å². The second-order valence-corrected chi connectivity index (χ2v) is 6.57. The van der Waals surface area contributed by atoms with Crippen LogP contribution in [0.2, 0.25) is 0 Å². The Morgan fingerprint density at radius 1 is 1.08 bits per heavy atom. The molecule has 0 heterocycles. The Hall–Kier alpha value is -2.08. The predicted molar refractivity (Wildman–Crippen MR) is 89.1 cm³/mol. The molecule has 0 aliphatic heterocycles. The van der Waals surface area contributed by atoms with Crippen molar-refractivity contribution in [2.24, 2.45) is 11.3 Å². The molecule has 0 saturated carbocycles. The lowest BCUT2D eigenvalue weighted by molar-refractivity contribution is -0.152. The summed E-state index contributed by atoms with van der Waals surface area (Å²) < 4.78 is 15.1. The van der Waals surface area contributed by atoms with Gasteiger partial charge in [-0.25, -0.2) is 0 Å². The molecule has 0 aliphatic carbocycles. The third-order valence-corrected chi connectivity index (χ3v) is 3.88. The number of ether oxygens (including phenoxy) is 3.